The molecular weight excluding hydrogens is 450 g/mol. The van der Waals surface area contributed by atoms with Crippen molar-refractivity contribution in [3.8, 4) is 0 Å². The van der Waals surface area contributed by atoms with Gasteiger partial charge in [-0.25, -0.2) is 9.50 Å². The van der Waals surface area contributed by atoms with E-state index in [2.05, 4.69) is 57.8 Å². The third kappa shape index (κ3) is 4.02. The first-order chi connectivity index (χ1) is 17.5. The number of rotatable bonds is 2. The van der Waals surface area contributed by atoms with E-state index in [1.54, 1.807) is 0 Å². The lowest BCUT2D eigenvalue weighted by Crippen LogP contribution is -2.62. The summed E-state index contributed by atoms with van der Waals surface area (Å²) in [5.41, 5.74) is 5.60. The van der Waals surface area contributed by atoms with Crippen molar-refractivity contribution in [3.63, 3.8) is 0 Å². The molecule has 1 aromatic carbocycles. The smallest absolute Gasteiger partial charge is 0.220 e. The fourth-order valence-electron chi connectivity index (χ4n) is 5.83. The largest absolute Gasteiger partial charge is 0.354 e. The summed E-state index contributed by atoms with van der Waals surface area (Å²) < 4.78 is 1.89. The van der Waals surface area contributed by atoms with Crippen LogP contribution in [0.2, 0.25) is 0 Å². The lowest BCUT2D eigenvalue weighted by atomic mass is 9.83. The number of carbonyl (C=O) groups excluding carboxylic acids is 2. The predicted molar refractivity (Wildman–Crippen MR) is 141 cm³/mol. The Labute approximate surface area is 210 Å². The van der Waals surface area contributed by atoms with Crippen molar-refractivity contribution >= 4 is 34.8 Å². The van der Waals surface area contributed by atoms with Crippen molar-refractivity contribution in [1.29, 1.82) is 0 Å². The van der Waals surface area contributed by atoms with E-state index in [1.165, 1.54) is 11.1 Å². The number of benzene rings is 1. The average molecular weight is 482 g/mol. The lowest BCUT2D eigenvalue weighted by molar-refractivity contribution is -0.130. The molecule has 6 rings (SSSR count). The number of ketones is 1. The predicted octanol–water partition coefficient (Wildman–Crippen LogP) is 4.29. The molecule has 36 heavy (non-hydrogen) atoms. The summed E-state index contributed by atoms with van der Waals surface area (Å²) in [6.45, 7) is 3.29. The minimum atomic E-state index is -0.814. The van der Waals surface area contributed by atoms with E-state index in [0.717, 1.165) is 54.1 Å². The van der Waals surface area contributed by atoms with Crippen molar-refractivity contribution in [2.24, 2.45) is 0 Å². The van der Waals surface area contributed by atoms with Crippen molar-refractivity contribution in [3.05, 3.63) is 71.1 Å². The zero-order valence-corrected chi connectivity index (χ0v) is 20.7. The SMILES string of the molecule is Cc1cc(N2CCCC3(C2)NC(=O)CCCC3=O)nc2c(C3=Cc4ccccc4CCC=C3)cnn12. The number of allylic oxidation sites excluding steroid dienone is 3. The summed E-state index contributed by atoms with van der Waals surface area (Å²) >= 11 is 0. The number of aromatic nitrogens is 3. The third-order valence-corrected chi connectivity index (χ3v) is 7.73. The van der Waals surface area contributed by atoms with Gasteiger partial charge < -0.3 is 10.2 Å². The number of aryl methyl sites for hydroxylation is 2. The Morgan fingerprint density at radius 1 is 1.08 bits per heavy atom. The molecule has 0 saturated carbocycles. The van der Waals surface area contributed by atoms with E-state index >= 15 is 0 Å². The Morgan fingerprint density at radius 2 is 1.97 bits per heavy atom. The fourth-order valence-corrected chi connectivity index (χ4v) is 5.83. The molecule has 2 fully saturated rings. The van der Waals surface area contributed by atoms with Gasteiger partial charge in [0, 0.05) is 43.3 Å². The van der Waals surface area contributed by atoms with Gasteiger partial charge >= 0.3 is 0 Å². The number of amides is 1. The van der Waals surface area contributed by atoms with Crippen LogP contribution < -0.4 is 10.2 Å². The Balaban J connectivity index is 1.40. The number of piperidine rings is 1. The minimum Gasteiger partial charge on any atom is -0.354 e. The van der Waals surface area contributed by atoms with Crippen molar-refractivity contribution < 1.29 is 9.59 Å². The number of carbonyl (C=O) groups is 2. The van der Waals surface area contributed by atoms with Crippen molar-refractivity contribution in [2.75, 3.05) is 18.0 Å². The van der Waals surface area contributed by atoms with E-state index in [9.17, 15) is 9.59 Å². The van der Waals surface area contributed by atoms with Crippen LogP contribution in [0.15, 0.2) is 48.7 Å². The molecule has 184 valence electrons. The standard InChI is InChI=1S/C29H31N5O2/c1-20-16-26(33-15-7-14-29(19-33)25(35)12-6-13-27(36)32-29)31-28-24(18-30-34(20)28)23-11-5-3-9-21-8-2-4-10-22(21)17-23/h2,4-5,8,10-11,16-18H,3,6-7,9,12-15,19H2,1H3,(H,32,36). The van der Waals surface area contributed by atoms with Gasteiger partial charge in [0.2, 0.25) is 5.91 Å². The summed E-state index contributed by atoms with van der Waals surface area (Å²) in [6, 6.07) is 10.6. The molecule has 2 aromatic heterocycles. The first-order valence-electron chi connectivity index (χ1n) is 12.9. The maximum Gasteiger partial charge on any atom is 0.220 e. The summed E-state index contributed by atoms with van der Waals surface area (Å²) in [4.78, 5) is 32.7. The molecule has 1 spiro atoms. The van der Waals surface area contributed by atoms with Crippen molar-refractivity contribution in [1.82, 2.24) is 19.9 Å². The molecule has 3 aromatic rings. The Hall–Kier alpha value is -3.74. The zero-order valence-electron chi connectivity index (χ0n) is 20.7. The van der Waals surface area contributed by atoms with Gasteiger partial charge in [0.05, 0.1) is 6.20 Å². The summed E-state index contributed by atoms with van der Waals surface area (Å²) in [5, 5.41) is 7.74. The molecule has 1 amide bonds. The molecule has 2 saturated heterocycles. The van der Waals surface area contributed by atoms with Gasteiger partial charge in [0.15, 0.2) is 11.4 Å². The molecule has 2 aliphatic heterocycles. The van der Waals surface area contributed by atoms with E-state index in [4.69, 9.17) is 4.98 Å². The van der Waals surface area contributed by atoms with Crippen LogP contribution in [0.5, 0.6) is 0 Å². The molecule has 1 N–H and O–H groups in total. The van der Waals surface area contributed by atoms with Crippen LogP contribution in [0.25, 0.3) is 17.3 Å². The Morgan fingerprint density at radius 3 is 2.89 bits per heavy atom. The Kier molecular flexibility index (Phi) is 5.70. The highest BCUT2D eigenvalue weighted by molar-refractivity contribution is 5.96. The molecule has 0 radical (unpaired) electrons. The molecular formula is C29H31N5O2. The molecule has 7 heteroatoms. The monoisotopic (exact) mass is 481 g/mol. The molecule has 1 aliphatic carbocycles. The van der Waals surface area contributed by atoms with Gasteiger partial charge in [0.25, 0.3) is 0 Å². The number of hydrogen-bond acceptors (Lipinski definition) is 5. The quantitative estimate of drug-likeness (QED) is 0.591. The van der Waals surface area contributed by atoms with Crippen LogP contribution in [-0.4, -0.2) is 44.9 Å². The van der Waals surface area contributed by atoms with E-state index in [-0.39, 0.29) is 11.7 Å². The maximum absolute atomic E-state index is 13.1. The zero-order chi connectivity index (χ0) is 24.7. The lowest BCUT2D eigenvalue weighted by Gasteiger charge is -2.42. The van der Waals surface area contributed by atoms with Crippen LogP contribution >= 0.6 is 0 Å². The van der Waals surface area contributed by atoms with Crippen LogP contribution in [0.3, 0.4) is 0 Å². The van der Waals surface area contributed by atoms with Gasteiger partial charge in [-0.05, 0) is 61.8 Å². The Bertz CT molecular complexity index is 1420. The number of Topliss-reactive ketones (excluding diaryl/α,β-unsaturated/α-hetero) is 1. The molecule has 1 atom stereocenters. The summed E-state index contributed by atoms with van der Waals surface area (Å²) in [5.74, 6) is 0.941. The normalized spacial score (nSPS) is 22.6. The second kappa shape index (κ2) is 9.04. The van der Waals surface area contributed by atoms with Gasteiger partial charge in [-0.3, -0.25) is 9.59 Å². The molecule has 0 bridgehead atoms. The first-order valence-corrected chi connectivity index (χ1v) is 12.9. The minimum absolute atomic E-state index is 0.0244. The summed E-state index contributed by atoms with van der Waals surface area (Å²) in [6.07, 6.45) is 13.5. The number of hydrogen-bond donors (Lipinski definition) is 1. The van der Waals surface area contributed by atoms with Crippen LogP contribution in [0.1, 0.15) is 60.9 Å². The van der Waals surface area contributed by atoms with E-state index in [0.29, 0.717) is 32.2 Å². The maximum atomic E-state index is 13.1. The average Bonchev–Trinajstić information content (AvgIpc) is 3.23. The molecule has 3 aliphatic rings. The van der Waals surface area contributed by atoms with Crippen molar-refractivity contribution in [2.45, 2.75) is 57.4 Å². The fraction of sp³-hybridized carbons (Fsp3) is 0.379. The van der Waals surface area contributed by atoms with Crippen LogP contribution in [0, 0.1) is 6.92 Å². The molecule has 7 nitrogen and oxygen atoms in total. The molecule has 1 unspecified atom stereocenters. The van der Waals surface area contributed by atoms with Gasteiger partial charge in [0.1, 0.15) is 11.4 Å². The number of fused-ring (bicyclic) bond motifs is 2. The number of nitrogens with one attached hydrogen (secondary N) is 1. The van der Waals surface area contributed by atoms with Crippen LogP contribution in [-0.2, 0) is 16.0 Å². The van der Waals surface area contributed by atoms with Crippen LogP contribution in [0.4, 0.5) is 5.82 Å². The number of nitrogens with zero attached hydrogens (tertiary/aromatic N) is 4. The number of anilines is 1. The van der Waals surface area contributed by atoms with E-state index in [1.807, 2.05) is 23.7 Å². The first kappa shape index (κ1) is 22.7. The second-order valence-corrected chi connectivity index (χ2v) is 10.2. The summed E-state index contributed by atoms with van der Waals surface area (Å²) in [7, 11) is 0. The third-order valence-electron chi connectivity index (χ3n) is 7.73. The highest BCUT2D eigenvalue weighted by Gasteiger charge is 2.44. The molecule has 4 heterocycles. The van der Waals surface area contributed by atoms with Gasteiger partial charge in [-0.2, -0.15) is 5.10 Å². The topological polar surface area (TPSA) is 79.6 Å². The highest BCUT2D eigenvalue weighted by Crippen LogP contribution is 2.32. The van der Waals surface area contributed by atoms with E-state index < -0.39 is 5.54 Å². The van der Waals surface area contributed by atoms with Gasteiger partial charge in [-0.1, -0.05) is 36.4 Å². The second-order valence-electron chi connectivity index (χ2n) is 10.2. The highest BCUT2D eigenvalue weighted by atomic mass is 16.2. The van der Waals surface area contributed by atoms with Gasteiger partial charge in [-0.15, -0.1) is 0 Å².